The molecule has 1 amide bonds. The third-order valence-corrected chi connectivity index (χ3v) is 4.07. The third-order valence-electron chi connectivity index (χ3n) is 4.07. The van der Waals surface area contributed by atoms with Crippen LogP contribution in [0.15, 0.2) is 42.5 Å². The van der Waals surface area contributed by atoms with Crippen LogP contribution in [0.2, 0.25) is 0 Å². The van der Waals surface area contributed by atoms with Gasteiger partial charge in [-0.25, -0.2) is 4.79 Å². The van der Waals surface area contributed by atoms with Crippen molar-refractivity contribution in [1.82, 2.24) is 0 Å². The zero-order chi connectivity index (χ0) is 18.5. The molecule has 6 heteroatoms. The molecule has 6 nitrogen and oxygen atoms in total. The maximum Gasteiger partial charge on any atom is 0.338 e. The summed E-state index contributed by atoms with van der Waals surface area (Å²) in [6, 6.07) is 11.6. The van der Waals surface area contributed by atoms with Gasteiger partial charge in [0.1, 0.15) is 5.75 Å². The van der Waals surface area contributed by atoms with Crippen LogP contribution in [-0.2, 0) is 16.0 Å². The number of ether oxygens (including phenoxy) is 2. The molecule has 0 aliphatic carbocycles. The van der Waals surface area contributed by atoms with Crippen molar-refractivity contribution < 1.29 is 23.9 Å². The van der Waals surface area contributed by atoms with E-state index in [4.69, 9.17) is 9.47 Å². The van der Waals surface area contributed by atoms with Crippen LogP contribution in [0.3, 0.4) is 0 Å². The van der Waals surface area contributed by atoms with Gasteiger partial charge in [0.05, 0.1) is 12.2 Å². The van der Waals surface area contributed by atoms with Crippen LogP contribution in [0.1, 0.15) is 39.6 Å². The highest BCUT2D eigenvalue weighted by Crippen LogP contribution is 2.26. The first-order chi connectivity index (χ1) is 12.6. The molecular formula is C20H19NO5. The van der Waals surface area contributed by atoms with Gasteiger partial charge in [0.25, 0.3) is 0 Å². The molecular weight excluding hydrogens is 334 g/mol. The highest BCUT2D eigenvalue weighted by atomic mass is 16.5. The molecule has 26 heavy (non-hydrogen) atoms. The normalized spacial score (nSPS) is 12.0. The number of ketones is 1. The number of carbonyl (C=O) groups is 3. The minimum atomic E-state index is -0.542. The average Bonchev–Trinajstić information content (AvgIpc) is 3.14. The van der Waals surface area contributed by atoms with Crippen molar-refractivity contribution in [2.45, 2.75) is 19.8 Å². The molecule has 0 saturated carbocycles. The number of Topliss-reactive ketones (excluding diaryl/α,β-unsaturated/α-hetero) is 1. The molecule has 0 spiro atoms. The Morgan fingerprint density at radius 2 is 1.81 bits per heavy atom. The minimum absolute atomic E-state index is 0.0993. The highest BCUT2D eigenvalue weighted by Gasteiger charge is 2.17. The molecule has 134 valence electrons. The number of rotatable bonds is 6. The number of amides is 1. The fraction of sp³-hybridized carbons (Fsp3) is 0.250. The summed E-state index contributed by atoms with van der Waals surface area (Å²) in [7, 11) is 0. The lowest BCUT2D eigenvalue weighted by atomic mass is 10.1. The summed E-state index contributed by atoms with van der Waals surface area (Å²) < 4.78 is 10.5. The van der Waals surface area contributed by atoms with E-state index >= 15 is 0 Å². The molecule has 0 bridgehead atoms. The lowest BCUT2D eigenvalue weighted by Gasteiger charge is -2.07. The van der Waals surface area contributed by atoms with Gasteiger partial charge in [-0.3, -0.25) is 9.59 Å². The Labute approximate surface area is 151 Å². The maximum absolute atomic E-state index is 12.2. The summed E-state index contributed by atoms with van der Waals surface area (Å²) >= 11 is 0. The fourth-order valence-corrected chi connectivity index (χ4v) is 2.60. The predicted molar refractivity (Wildman–Crippen MR) is 95.6 cm³/mol. The molecule has 1 aliphatic heterocycles. The fourth-order valence-electron chi connectivity index (χ4n) is 2.60. The standard InChI is InChI=1S/C20H19NO5/c1-2-19(23)21-16-6-3-13(4-7-16)17(22)12-26-20(24)15-5-8-18-14(11-15)9-10-25-18/h3-8,11H,2,9-10,12H2,1H3,(H,21,23). The number of benzene rings is 2. The van der Waals surface area contributed by atoms with E-state index in [0.717, 1.165) is 17.7 Å². The Hall–Kier alpha value is -3.15. The van der Waals surface area contributed by atoms with Crippen molar-refractivity contribution in [2.75, 3.05) is 18.5 Å². The summed E-state index contributed by atoms with van der Waals surface area (Å²) in [5, 5.41) is 2.70. The summed E-state index contributed by atoms with van der Waals surface area (Å²) in [5.41, 5.74) is 2.40. The number of hydrogen-bond donors (Lipinski definition) is 1. The first-order valence-corrected chi connectivity index (χ1v) is 8.43. The minimum Gasteiger partial charge on any atom is -0.493 e. The van der Waals surface area contributed by atoms with E-state index in [1.807, 2.05) is 0 Å². The monoisotopic (exact) mass is 353 g/mol. The second kappa shape index (κ2) is 7.82. The van der Waals surface area contributed by atoms with Crippen LogP contribution in [0.4, 0.5) is 5.69 Å². The van der Waals surface area contributed by atoms with Gasteiger partial charge in [-0.15, -0.1) is 0 Å². The molecule has 0 radical (unpaired) electrons. The lowest BCUT2D eigenvalue weighted by molar-refractivity contribution is -0.115. The van der Waals surface area contributed by atoms with Crippen molar-refractivity contribution >= 4 is 23.3 Å². The molecule has 0 aromatic heterocycles. The van der Waals surface area contributed by atoms with Crippen LogP contribution in [0.25, 0.3) is 0 Å². The number of carbonyl (C=O) groups excluding carboxylic acids is 3. The molecule has 3 rings (SSSR count). The number of fused-ring (bicyclic) bond motifs is 1. The van der Waals surface area contributed by atoms with Crippen molar-refractivity contribution in [3.63, 3.8) is 0 Å². The van der Waals surface area contributed by atoms with E-state index in [1.165, 1.54) is 0 Å². The van der Waals surface area contributed by atoms with E-state index in [2.05, 4.69) is 5.32 Å². The van der Waals surface area contributed by atoms with Gasteiger partial charge in [0, 0.05) is 24.1 Å². The summed E-state index contributed by atoms with van der Waals surface area (Å²) in [6.45, 7) is 2.03. The first-order valence-electron chi connectivity index (χ1n) is 8.43. The summed E-state index contributed by atoms with van der Waals surface area (Å²) in [4.78, 5) is 35.6. The molecule has 1 heterocycles. The van der Waals surface area contributed by atoms with E-state index < -0.39 is 5.97 Å². The molecule has 1 N–H and O–H groups in total. The molecule has 2 aromatic rings. The highest BCUT2D eigenvalue weighted by molar-refractivity contribution is 6.00. The Morgan fingerprint density at radius 1 is 1.08 bits per heavy atom. The second-order valence-electron chi connectivity index (χ2n) is 5.90. The Morgan fingerprint density at radius 3 is 2.54 bits per heavy atom. The van der Waals surface area contributed by atoms with Crippen molar-refractivity contribution in [3.05, 3.63) is 59.2 Å². The zero-order valence-electron chi connectivity index (χ0n) is 14.4. The number of esters is 1. The van der Waals surface area contributed by atoms with E-state index in [9.17, 15) is 14.4 Å². The second-order valence-corrected chi connectivity index (χ2v) is 5.90. The number of anilines is 1. The van der Waals surface area contributed by atoms with Gasteiger partial charge >= 0.3 is 5.97 Å². The van der Waals surface area contributed by atoms with E-state index in [1.54, 1.807) is 49.4 Å². The summed E-state index contributed by atoms with van der Waals surface area (Å²) in [5.74, 6) is -0.165. The van der Waals surface area contributed by atoms with Crippen LogP contribution < -0.4 is 10.1 Å². The topological polar surface area (TPSA) is 81.7 Å². The van der Waals surface area contributed by atoms with Gasteiger partial charge in [-0.05, 0) is 48.0 Å². The lowest BCUT2D eigenvalue weighted by Crippen LogP contribution is -2.14. The zero-order valence-corrected chi connectivity index (χ0v) is 14.4. The smallest absolute Gasteiger partial charge is 0.338 e. The summed E-state index contributed by atoms with van der Waals surface area (Å²) in [6.07, 6.45) is 1.14. The van der Waals surface area contributed by atoms with Crippen molar-refractivity contribution in [1.29, 1.82) is 0 Å². The van der Waals surface area contributed by atoms with Gasteiger partial charge in [0.15, 0.2) is 12.4 Å². The number of nitrogens with one attached hydrogen (secondary N) is 1. The Bertz CT molecular complexity index is 842. The molecule has 0 fully saturated rings. The van der Waals surface area contributed by atoms with Crippen LogP contribution in [0.5, 0.6) is 5.75 Å². The van der Waals surface area contributed by atoms with Crippen molar-refractivity contribution in [2.24, 2.45) is 0 Å². The molecule has 0 saturated heterocycles. The predicted octanol–water partition coefficient (Wildman–Crippen LogP) is 3.01. The average molecular weight is 353 g/mol. The molecule has 2 aromatic carbocycles. The van der Waals surface area contributed by atoms with Crippen LogP contribution >= 0.6 is 0 Å². The largest absolute Gasteiger partial charge is 0.493 e. The molecule has 0 unspecified atom stereocenters. The van der Waals surface area contributed by atoms with Crippen molar-refractivity contribution in [3.8, 4) is 5.75 Å². The van der Waals surface area contributed by atoms with Gasteiger partial charge < -0.3 is 14.8 Å². The van der Waals surface area contributed by atoms with Crippen LogP contribution in [0, 0.1) is 0 Å². The van der Waals surface area contributed by atoms with E-state index in [0.29, 0.717) is 29.8 Å². The number of hydrogen-bond acceptors (Lipinski definition) is 5. The Balaban J connectivity index is 1.56. The molecule has 0 atom stereocenters. The Kier molecular flexibility index (Phi) is 5.31. The van der Waals surface area contributed by atoms with Gasteiger partial charge in [0.2, 0.25) is 5.91 Å². The first kappa shape index (κ1) is 17.7. The molecule has 1 aliphatic rings. The van der Waals surface area contributed by atoms with E-state index in [-0.39, 0.29) is 18.3 Å². The van der Waals surface area contributed by atoms with Crippen LogP contribution in [-0.4, -0.2) is 30.9 Å². The van der Waals surface area contributed by atoms with Gasteiger partial charge in [-0.1, -0.05) is 6.92 Å². The quantitative estimate of drug-likeness (QED) is 0.638. The SMILES string of the molecule is CCC(=O)Nc1ccc(C(=O)COC(=O)c2ccc3c(c2)CCO3)cc1. The van der Waals surface area contributed by atoms with Gasteiger partial charge in [-0.2, -0.15) is 0 Å². The maximum atomic E-state index is 12.2. The third kappa shape index (κ3) is 4.08.